The summed E-state index contributed by atoms with van der Waals surface area (Å²) in [6.07, 6.45) is 2.11. The molecule has 13 heavy (non-hydrogen) atoms. The molecule has 1 aromatic carbocycles. The van der Waals surface area contributed by atoms with E-state index in [-0.39, 0.29) is 0 Å². The van der Waals surface area contributed by atoms with E-state index in [2.05, 4.69) is 29.4 Å². The van der Waals surface area contributed by atoms with Gasteiger partial charge in [-0.25, -0.2) is 0 Å². The standard InChI is InChI=1S/C11H11NO/c13-12-11-6-7-5-10(11)9-4-2-1-3-8(7)9/h1-4,7,10,13H,5-6H2. The Hall–Kier alpha value is -1.31. The molecule has 2 heteroatoms. The third kappa shape index (κ3) is 0.804. The van der Waals surface area contributed by atoms with Crippen LogP contribution < -0.4 is 0 Å². The van der Waals surface area contributed by atoms with E-state index in [1.807, 2.05) is 0 Å². The first-order valence-corrected chi connectivity index (χ1v) is 4.70. The van der Waals surface area contributed by atoms with Crippen LogP contribution >= 0.6 is 0 Å². The second-order valence-corrected chi connectivity index (χ2v) is 3.91. The third-order valence-electron chi connectivity index (χ3n) is 3.32. The molecule has 1 N–H and O–H groups in total. The highest BCUT2D eigenvalue weighted by molar-refractivity contribution is 5.96. The molecule has 2 atom stereocenters. The van der Waals surface area contributed by atoms with Crippen LogP contribution in [0.25, 0.3) is 0 Å². The van der Waals surface area contributed by atoms with Crippen molar-refractivity contribution in [1.82, 2.24) is 0 Å². The second-order valence-electron chi connectivity index (χ2n) is 3.91. The second kappa shape index (κ2) is 2.34. The fraction of sp³-hybridized carbons (Fsp3) is 0.364. The van der Waals surface area contributed by atoms with E-state index in [1.165, 1.54) is 11.1 Å². The summed E-state index contributed by atoms with van der Waals surface area (Å²) in [5, 5.41) is 12.2. The van der Waals surface area contributed by atoms with Crippen molar-refractivity contribution >= 4 is 5.71 Å². The number of rotatable bonds is 0. The number of fused-ring (bicyclic) bond motifs is 5. The maximum absolute atomic E-state index is 8.80. The zero-order chi connectivity index (χ0) is 8.84. The van der Waals surface area contributed by atoms with Crippen molar-refractivity contribution in [3.63, 3.8) is 0 Å². The topological polar surface area (TPSA) is 32.6 Å². The van der Waals surface area contributed by atoms with Crippen molar-refractivity contribution in [3.05, 3.63) is 35.4 Å². The van der Waals surface area contributed by atoms with Gasteiger partial charge in [-0.15, -0.1) is 0 Å². The molecule has 2 unspecified atom stereocenters. The summed E-state index contributed by atoms with van der Waals surface area (Å²) in [5.74, 6) is 1.03. The highest BCUT2D eigenvalue weighted by Crippen LogP contribution is 2.51. The summed E-state index contributed by atoms with van der Waals surface area (Å²) in [6, 6.07) is 8.52. The Labute approximate surface area is 76.9 Å². The molecule has 0 radical (unpaired) electrons. The van der Waals surface area contributed by atoms with Gasteiger partial charge in [0.15, 0.2) is 0 Å². The fourth-order valence-electron chi connectivity index (χ4n) is 2.75. The molecule has 0 amide bonds. The van der Waals surface area contributed by atoms with Crippen LogP contribution in [0.3, 0.4) is 0 Å². The molecular weight excluding hydrogens is 162 g/mol. The smallest absolute Gasteiger partial charge is 0.0651 e. The normalized spacial score (nSPS) is 32.5. The van der Waals surface area contributed by atoms with Gasteiger partial charge in [0, 0.05) is 5.92 Å². The average molecular weight is 173 g/mol. The number of benzene rings is 1. The Bertz CT molecular complexity index is 383. The molecule has 0 aliphatic heterocycles. The van der Waals surface area contributed by atoms with Crippen molar-refractivity contribution in [2.75, 3.05) is 0 Å². The van der Waals surface area contributed by atoms with Crippen LogP contribution in [0.1, 0.15) is 35.8 Å². The van der Waals surface area contributed by atoms with Gasteiger partial charge in [0.05, 0.1) is 5.71 Å². The summed E-state index contributed by atoms with van der Waals surface area (Å²) in [6.45, 7) is 0. The van der Waals surface area contributed by atoms with E-state index >= 15 is 0 Å². The van der Waals surface area contributed by atoms with Gasteiger partial charge in [0.2, 0.25) is 0 Å². The van der Waals surface area contributed by atoms with Crippen LogP contribution in [0.2, 0.25) is 0 Å². The lowest BCUT2D eigenvalue weighted by molar-refractivity contribution is 0.316. The number of hydrogen-bond acceptors (Lipinski definition) is 2. The average Bonchev–Trinajstić information content (AvgIpc) is 2.75. The lowest BCUT2D eigenvalue weighted by Crippen LogP contribution is -2.09. The monoisotopic (exact) mass is 173 g/mol. The van der Waals surface area contributed by atoms with Crippen molar-refractivity contribution in [1.29, 1.82) is 0 Å². The minimum atomic E-state index is 0.409. The zero-order valence-electron chi connectivity index (χ0n) is 7.27. The van der Waals surface area contributed by atoms with Crippen LogP contribution in [-0.2, 0) is 0 Å². The Morgan fingerprint density at radius 2 is 2.00 bits per heavy atom. The van der Waals surface area contributed by atoms with Gasteiger partial charge in [-0.05, 0) is 29.9 Å². The lowest BCUT2D eigenvalue weighted by atomic mass is 9.90. The third-order valence-corrected chi connectivity index (χ3v) is 3.32. The van der Waals surface area contributed by atoms with E-state index in [1.54, 1.807) is 0 Å². The van der Waals surface area contributed by atoms with Gasteiger partial charge >= 0.3 is 0 Å². The molecule has 3 rings (SSSR count). The van der Waals surface area contributed by atoms with E-state index in [9.17, 15) is 0 Å². The molecule has 2 nitrogen and oxygen atoms in total. The molecule has 0 saturated heterocycles. The first kappa shape index (κ1) is 7.13. The number of hydrogen-bond donors (Lipinski definition) is 1. The summed E-state index contributed by atoms with van der Waals surface area (Å²) in [5.41, 5.74) is 3.83. The van der Waals surface area contributed by atoms with Crippen LogP contribution in [-0.4, -0.2) is 10.9 Å². The molecule has 0 heterocycles. The van der Waals surface area contributed by atoms with Crippen LogP contribution in [0.4, 0.5) is 0 Å². The van der Waals surface area contributed by atoms with Gasteiger partial charge in [0.25, 0.3) is 0 Å². The molecule has 1 saturated carbocycles. The quantitative estimate of drug-likeness (QED) is 0.474. The summed E-state index contributed by atoms with van der Waals surface area (Å²) in [4.78, 5) is 0. The molecule has 1 aromatic rings. The number of nitrogens with zero attached hydrogens (tertiary/aromatic N) is 1. The van der Waals surface area contributed by atoms with E-state index in [0.717, 1.165) is 18.6 Å². The van der Waals surface area contributed by atoms with E-state index in [0.29, 0.717) is 11.8 Å². The van der Waals surface area contributed by atoms with Gasteiger partial charge in [0.1, 0.15) is 0 Å². The van der Waals surface area contributed by atoms with Gasteiger partial charge in [-0.3, -0.25) is 0 Å². The highest BCUT2D eigenvalue weighted by atomic mass is 16.4. The Morgan fingerprint density at radius 3 is 2.77 bits per heavy atom. The maximum Gasteiger partial charge on any atom is 0.0651 e. The molecule has 2 bridgehead atoms. The summed E-state index contributed by atoms with van der Waals surface area (Å²) in [7, 11) is 0. The van der Waals surface area contributed by atoms with Crippen molar-refractivity contribution in [2.45, 2.75) is 24.7 Å². The van der Waals surface area contributed by atoms with Crippen molar-refractivity contribution in [2.24, 2.45) is 5.16 Å². The SMILES string of the molecule is ON=C1CC2CC1c1ccccc12. The largest absolute Gasteiger partial charge is 0.411 e. The molecule has 2 aliphatic carbocycles. The maximum atomic E-state index is 8.80. The molecule has 0 aromatic heterocycles. The molecule has 1 fully saturated rings. The van der Waals surface area contributed by atoms with Gasteiger partial charge < -0.3 is 5.21 Å². The molecular formula is C11H11NO. The predicted octanol–water partition coefficient (Wildman–Crippen LogP) is 2.49. The van der Waals surface area contributed by atoms with Crippen LogP contribution in [0.5, 0.6) is 0 Å². The summed E-state index contributed by atoms with van der Waals surface area (Å²) < 4.78 is 0. The van der Waals surface area contributed by atoms with Gasteiger partial charge in [-0.2, -0.15) is 0 Å². The van der Waals surface area contributed by atoms with Crippen molar-refractivity contribution < 1.29 is 5.21 Å². The Kier molecular flexibility index (Phi) is 1.29. The van der Waals surface area contributed by atoms with E-state index in [4.69, 9.17) is 5.21 Å². The minimum absolute atomic E-state index is 0.409. The van der Waals surface area contributed by atoms with Gasteiger partial charge in [-0.1, -0.05) is 29.4 Å². The molecule has 0 spiro atoms. The molecule has 66 valence electrons. The van der Waals surface area contributed by atoms with Crippen LogP contribution in [0, 0.1) is 0 Å². The highest BCUT2D eigenvalue weighted by Gasteiger charge is 2.41. The lowest BCUT2D eigenvalue weighted by Gasteiger charge is -2.15. The van der Waals surface area contributed by atoms with E-state index < -0.39 is 0 Å². The zero-order valence-corrected chi connectivity index (χ0v) is 7.27. The minimum Gasteiger partial charge on any atom is -0.411 e. The fourth-order valence-corrected chi connectivity index (χ4v) is 2.75. The first-order valence-electron chi connectivity index (χ1n) is 4.70. The first-order chi connectivity index (χ1) is 6.40. The predicted molar refractivity (Wildman–Crippen MR) is 50.4 cm³/mol. The molecule has 2 aliphatic rings. The summed E-state index contributed by atoms with van der Waals surface area (Å²) >= 11 is 0. The van der Waals surface area contributed by atoms with Crippen molar-refractivity contribution in [3.8, 4) is 0 Å². The number of oxime groups is 1. The van der Waals surface area contributed by atoms with Crippen LogP contribution in [0.15, 0.2) is 29.4 Å². The Morgan fingerprint density at radius 1 is 1.23 bits per heavy atom. The Balaban J connectivity index is 2.17.